The molecule has 4 radical (unpaired) electrons. The third-order valence-electron chi connectivity index (χ3n) is 8.47. The molecule has 0 bridgehead atoms. The summed E-state index contributed by atoms with van der Waals surface area (Å²) in [6.07, 6.45) is 0. The molecule has 0 amide bonds. The van der Waals surface area contributed by atoms with Gasteiger partial charge in [0.05, 0.1) is 28.1 Å². The molecule has 0 aromatic heterocycles. The Morgan fingerprint density at radius 1 is 0.310 bits per heavy atom. The van der Waals surface area contributed by atoms with Crippen LogP contribution in [0.4, 0.5) is 45.5 Å². The predicted octanol–water partition coefficient (Wildman–Crippen LogP) is 19.6. The zero-order valence-electron chi connectivity index (χ0n) is 44.4. The molecule has 0 saturated carbocycles. The molecule has 448 valence electrons. The number of benzene rings is 8. The monoisotopic (exact) mass is 1430 g/mol. The Hall–Kier alpha value is -6.46. The Balaban J connectivity index is 0. The minimum atomic E-state index is 0. The van der Waals surface area contributed by atoms with E-state index in [2.05, 4.69) is 83.0 Å². The summed E-state index contributed by atoms with van der Waals surface area (Å²) < 4.78 is 4.83. The molecule has 0 aliphatic rings. The Kier molecular flexibility index (Phi) is 51.6. The molecule has 0 aliphatic carbocycles. The Morgan fingerprint density at radius 3 is 0.607 bits per heavy atom. The third kappa shape index (κ3) is 42.4. The number of hydrogen-bond acceptors (Lipinski definition) is 13. The number of rotatable bonds is 14. The van der Waals surface area contributed by atoms with Crippen LogP contribution in [0.2, 0.25) is 0 Å². The van der Waals surface area contributed by atoms with Gasteiger partial charge in [-0.2, -0.15) is 40.9 Å². The van der Waals surface area contributed by atoms with Crippen LogP contribution in [0.15, 0.2) is 304 Å². The maximum Gasteiger partial charge on any atom is 2.00 e. The van der Waals surface area contributed by atoms with Crippen LogP contribution in [0.5, 0.6) is 0 Å². The topological polar surface area (TPSA) is 214 Å². The third-order valence-corrected chi connectivity index (χ3v) is 9.12. The summed E-state index contributed by atoms with van der Waals surface area (Å²) in [7, 11) is 0. The van der Waals surface area contributed by atoms with Gasteiger partial charge >= 0.3 is 68.3 Å². The van der Waals surface area contributed by atoms with E-state index >= 15 is 0 Å². The zero-order valence-corrected chi connectivity index (χ0v) is 52.9. The van der Waals surface area contributed by atoms with Gasteiger partial charge in [0.25, 0.3) is 0 Å². The molecule has 0 aliphatic heterocycles. The van der Waals surface area contributed by atoms with Crippen LogP contribution in [-0.4, -0.2) is 39.2 Å². The van der Waals surface area contributed by atoms with Crippen molar-refractivity contribution in [3.8, 4) is 0 Å². The normalized spacial score (nSPS) is 10.7. The molecule has 84 heavy (non-hydrogen) atoms. The van der Waals surface area contributed by atoms with E-state index in [1.54, 1.807) is 0 Å². The Labute approximate surface area is 565 Å². The molecule has 0 fully saturated rings. The maximum atomic E-state index is 4.93. The second-order valence-electron chi connectivity index (χ2n) is 14.3. The van der Waals surface area contributed by atoms with E-state index in [9.17, 15) is 0 Å². The molecule has 0 N–H and O–H groups in total. The summed E-state index contributed by atoms with van der Waals surface area (Å²) >= 11 is 29.3. The molecule has 0 spiro atoms. The number of azo groups is 4. The van der Waals surface area contributed by atoms with Gasteiger partial charge in [0.2, 0.25) is 0 Å². The van der Waals surface area contributed by atoms with E-state index < -0.39 is 0 Å². The standard InChI is InChI=1S/4C13H11N4S.C4H10O.CH2Cl2.4Cu/c4*18-13(16-14-11-7-3-1-4-8-11)17-15-12-9-5-2-6-10-12;1-3-5-4-2;2-1-3;;;;/h4*1-10H,(H-,14,15,16,17,18);3-4H2,1-2H3;1H2;;;;/q4*-1;;;4*+2/p-4. The van der Waals surface area contributed by atoms with Crippen LogP contribution >= 0.6 is 23.2 Å². The van der Waals surface area contributed by atoms with E-state index in [0.717, 1.165) is 58.7 Å². The first-order valence-corrected chi connectivity index (χ1v) is 26.5. The summed E-state index contributed by atoms with van der Waals surface area (Å²) in [5.74, 6) is 0. The quantitative estimate of drug-likeness (QED) is 0.0197. The molecule has 0 saturated heterocycles. The van der Waals surface area contributed by atoms with Crippen molar-refractivity contribution < 1.29 is 73.0 Å². The SMILES string of the molecule is CCOCC.ClCCl.[Cu+2].[Cu+2].[Cu+2].[Cu+2].[S-]/C(N=Nc1ccccc1)=N\[N-]c1ccccc1.[S-]/C(N=Nc1ccccc1)=N\[N-]c1ccccc1.[S-]/C(N=Nc1ccccc1)=N\[N-]c1ccccc1.[S-]/C(N=Nc1ccccc1)=N\[N-]c1ccccc1. The summed E-state index contributed by atoms with van der Waals surface area (Å²) in [5.41, 5.74) is 21.6. The number of nitrogens with zero attached hydrogens (tertiary/aromatic N) is 16. The van der Waals surface area contributed by atoms with Crippen molar-refractivity contribution in [3.63, 3.8) is 0 Å². The summed E-state index contributed by atoms with van der Waals surface area (Å²) in [6.45, 7) is 5.67. The van der Waals surface area contributed by atoms with E-state index in [-0.39, 0.29) is 94.3 Å². The molecule has 0 atom stereocenters. The first kappa shape index (κ1) is 79.6. The molecular formula is C57H52Cl2Cu4N16OS4. The van der Waals surface area contributed by atoms with Crippen LogP contribution in [0.1, 0.15) is 13.8 Å². The van der Waals surface area contributed by atoms with Gasteiger partial charge in [-0.05, 0) is 62.4 Å². The van der Waals surface area contributed by atoms with Gasteiger partial charge in [-0.1, -0.05) is 194 Å². The summed E-state index contributed by atoms with van der Waals surface area (Å²) in [6, 6.07) is 74.7. The molecule has 8 aromatic rings. The molecule has 8 aromatic carbocycles. The summed E-state index contributed by atoms with van der Waals surface area (Å²) in [4.78, 5) is 0. The maximum absolute atomic E-state index is 4.93. The molecule has 27 heteroatoms. The van der Waals surface area contributed by atoms with E-state index in [0.29, 0.717) is 0 Å². The van der Waals surface area contributed by atoms with Gasteiger partial charge in [0, 0.05) is 33.9 Å². The van der Waals surface area contributed by atoms with Gasteiger partial charge in [0.1, 0.15) is 0 Å². The largest absolute Gasteiger partial charge is 2.00 e. The minimum absolute atomic E-state index is 0. The van der Waals surface area contributed by atoms with Crippen molar-refractivity contribution in [1.82, 2.24) is 0 Å². The molecule has 17 nitrogen and oxygen atoms in total. The van der Waals surface area contributed by atoms with Crippen LogP contribution in [0.3, 0.4) is 0 Å². The second kappa shape index (κ2) is 54.5. The van der Waals surface area contributed by atoms with Crippen LogP contribution < -0.4 is 0 Å². The zero-order chi connectivity index (χ0) is 57.4. The van der Waals surface area contributed by atoms with Crippen molar-refractivity contribution >= 4 is 140 Å². The summed E-state index contributed by atoms with van der Waals surface area (Å²) in [5, 5.41) is 46.8. The smallest absolute Gasteiger partial charge is 0.740 e. The fourth-order valence-electron chi connectivity index (χ4n) is 5.05. The van der Waals surface area contributed by atoms with E-state index in [1.165, 1.54) is 0 Å². The molecule has 8 rings (SSSR count). The van der Waals surface area contributed by atoms with Crippen LogP contribution in [0, 0.1) is 0 Å². The van der Waals surface area contributed by atoms with Crippen LogP contribution in [-0.2, 0) is 124 Å². The van der Waals surface area contributed by atoms with E-state index in [4.69, 9.17) is 78.5 Å². The molecule has 0 heterocycles. The van der Waals surface area contributed by atoms with Gasteiger partial charge in [-0.15, -0.1) is 46.0 Å². The van der Waals surface area contributed by atoms with Gasteiger partial charge in [-0.3, -0.25) is 0 Å². The first-order chi connectivity index (χ1) is 39.2. The van der Waals surface area contributed by atoms with Gasteiger partial charge < -0.3 is 97.4 Å². The average molecular weight is 1430 g/mol. The van der Waals surface area contributed by atoms with E-state index in [1.807, 2.05) is 257 Å². The van der Waals surface area contributed by atoms with Crippen LogP contribution in [0.25, 0.3) is 21.7 Å². The van der Waals surface area contributed by atoms with Crippen molar-refractivity contribution in [2.45, 2.75) is 13.8 Å². The van der Waals surface area contributed by atoms with Gasteiger partial charge in [-0.25, -0.2) is 0 Å². The molecular weight excluding hydrogens is 1380 g/mol. The number of ether oxygens (including phenoxy) is 1. The predicted molar refractivity (Wildman–Crippen MR) is 340 cm³/mol. The van der Waals surface area contributed by atoms with Crippen molar-refractivity contribution in [2.24, 2.45) is 61.3 Å². The average Bonchev–Trinajstić information content (AvgIpc) is 3.54. The van der Waals surface area contributed by atoms with Gasteiger partial charge in [0.15, 0.2) is 0 Å². The number of hydrogen-bond donors (Lipinski definition) is 0. The fourth-order valence-corrected chi connectivity index (χ4v) is 5.37. The minimum Gasteiger partial charge on any atom is -0.740 e. The van der Waals surface area contributed by atoms with Crippen molar-refractivity contribution in [1.29, 1.82) is 0 Å². The fraction of sp³-hybridized carbons (Fsp3) is 0.0877. The Morgan fingerprint density at radius 2 is 0.464 bits per heavy atom. The Bertz CT molecular complexity index is 2680. The number of alkyl halides is 2. The molecule has 0 unspecified atom stereocenters. The number of halogens is 2. The number of amidine groups is 4. The first-order valence-electron chi connectivity index (χ1n) is 23.8. The van der Waals surface area contributed by atoms with Crippen molar-refractivity contribution in [2.75, 3.05) is 18.6 Å². The second-order valence-corrected chi connectivity index (χ2v) is 16.6. The van der Waals surface area contributed by atoms with Crippen molar-refractivity contribution in [3.05, 3.63) is 264 Å².